The van der Waals surface area contributed by atoms with E-state index in [0.717, 1.165) is 25.2 Å². The van der Waals surface area contributed by atoms with E-state index in [4.69, 9.17) is 0 Å². The second kappa shape index (κ2) is 6.19. The zero-order valence-electron chi connectivity index (χ0n) is 11.7. The summed E-state index contributed by atoms with van der Waals surface area (Å²) in [5, 5.41) is 3.60. The van der Waals surface area contributed by atoms with Gasteiger partial charge in [-0.15, -0.1) is 0 Å². The molecule has 1 aromatic rings. The summed E-state index contributed by atoms with van der Waals surface area (Å²) in [5.41, 5.74) is 1.25. The van der Waals surface area contributed by atoms with Crippen LogP contribution in [-0.2, 0) is 6.54 Å². The Balaban J connectivity index is 1.63. The van der Waals surface area contributed by atoms with E-state index in [-0.39, 0.29) is 5.56 Å². The van der Waals surface area contributed by atoms with Gasteiger partial charge in [0, 0.05) is 24.2 Å². The average Bonchev–Trinajstić information content (AvgIpc) is 3.09. The van der Waals surface area contributed by atoms with E-state index in [1.807, 2.05) is 12.1 Å². The highest BCUT2D eigenvalue weighted by molar-refractivity contribution is 5.23. The van der Waals surface area contributed by atoms with Gasteiger partial charge in [0.05, 0.1) is 0 Å². The number of alkyl halides is 2. The third-order valence-electron chi connectivity index (χ3n) is 4.59. The Morgan fingerprint density at radius 1 is 1.15 bits per heavy atom. The van der Waals surface area contributed by atoms with E-state index in [9.17, 15) is 8.78 Å². The average molecular weight is 280 g/mol. The molecule has 0 amide bonds. The number of benzene rings is 1. The van der Waals surface area contributed by atoms with Gasteiger partial charge in [-0.25, -0.2) is 8.78 Å². The Kier molecular flexibility index (Phi) is 4.32. The van der Waals surface area contributed by atoms with Crippen LogP contribution in [0, 0.1) is 0 Å². The molecule has 4 heteroatoms. The van der Waals surface area contributed by atoms with E-state index in [2.05, 4.69) is 10.2 Å². The van der Waals surface area contributed by atoms with E-state index in [0.29, 0.717) is 12.1 Å². The van der Waals surface area contributed by atoms with Gasteiger partial charge >= 0.3 is 0 Å². The Bertz CT molecular complexity index is 427. The first-order chi connectivity index (χ1) is 9.74. The maximum Gasteiger partial charge on any atom is 0.263 e. The zero-order valence-corrected chi connectivity index (χ0v) is 11.7. The molecule has 20 heavy (non-hydrogen) atoms. The zero-order chi connectivity index (χ0) is 13.9. The van der Waals surface area contributed by atoms with Crippen molar-refractivity contribution in [2.45, 2.75) is 50.7 Å². The number of rotatable bonds is 4. The molecule has 3 rings (SSSR count). The first-order valence-corrected chi connectivity index (χ1v) is 7.58. The van der Waals surface area contributed by atoms with Crippen molar-refractivity contribution in [2.75, 3.05) is 13.1 Å². The maximum atomic E-state index is 12.6. The molecule has 0 spiro atoms. The predicted molar refractivity (Wildman–Crippen MR) is 75.9 cm³/mol. The minimum atomic E-state index is -2.37. The first kappa shape index (κ1) is 14.0. The van der Waals surface area contributed by atoms with Crippen LogP contribution in [0.2, 0.25) is 0 Å². The minimum Gasteiger partial charge on any atom is -0.312 e. The topological polar surface area (TPSA) is 15.3 Å². The first-order valence-electron chi connectivity index (χ1n) is 7.58. The van der Waals surface area contributed by atoms with Crippen LogP contribution >= 0.6 is 0 Å². The molecular weight excluding hydrogens is 258 g/mol. The third kappa shape index (κ3) is 3.01. The van der Waals surface area contributed by atoms with Crippen molar-refractivity contribution in [2.24, 2.45) is 0 Å². The molecule has 0 saturated carbocycles. The largest absolute Gasteiger partial charge is 0.312 e. The van der Waals surface area contributed by atoms with Crippen molar-refractivity contribution in [1.82, 2.24) is 10.2 Å². The highest BCUT2D eigenvalue weighted by Crippen LogP contribution is 2.27. The summed E-state index contributed by atoms with van der Waals surface area (Å²) in [6, 6.07) is 8.04. The molecule has 0 bridgehead atoms. The van der Waals surface area contributed by atoms with Gasteiger partial charge in [0.15, 0.2) is 0 Å². The number of hydrogen-bond donors (Lipinski definition) is 1. The Hall–Kier alpha value is -1.00. The maximum absolute atomic E-state index is 12.6. The molecule has 0 aromatic heterocycles. The van der Waals surface area contributed by atoms with Crippen LogP contribution in [0.25, 0.3) is 0 Å². The molecule has 2 unspecified atom stereocenters. The molecule has 2 nitrogen and oxygen atoms in total. The van der Waals surface area contributed by atoms with E-state index < -0.39 is 6.43 Å². The third-order valence-corrected chi connectivity index (χ3v) is 4.59. The van der Waals surface area contributed by atoms with Crippen LogP contribution in [0.5, 0.6) is 0 Å². The van der Waals surface area contributed by atoms with Gasteiger partial charge in [-0.2, -0.15) is 0 Å². The summed E-state index contributed by atoms with van der Waals surface area (Å²) in [7, 11) is 0. The fraction of sp³-hybridized carbons (Fsp3) is 0.625. The highest BCUT2D eigenvalue weighted by atomic mass is 19.3. The molecule has 2 saturated heterocycles. The van der Waals surface area contributed by atoms with Crippen molar-refractivity contribution in [3.63, 3.8) is 0 Å². The van der Waals surface area contributed by atoms with Crippen LogP contribution in [0.1, 0.15) is 43.2 Å². The molecule has 1 N–H and O–H groups in total. The van der Waals surface area contributed by atoms with Crippen LogP contribution in [0.15, 0.2) is 24.3 Å². The van der Waals surface area contributed by atoms with Gasteiger partial charge in [0.1, 0.15) is 0 Å². The monoisotopic (exact) mass is 280 g/mol. The lowest BCUT2D eigenvalue weighted by Gasteiger charge is -2.29. The van der Waals surface area contributed by atoms with Gasteiger partial charge in [0.2, 0.25) is 0 Å². The van der Waals surface area contributed by atoms with Crippen LogP contribution in [0.4, 0.5) is 8.78 Å². The van der Waals surface area contributed by atoms with Crippen molar-refractivity contribution in [3.8, 4) is 0 Å². The van der Waals surface area contributed by atoms with Gasteiger partial charge in [0.25, 0.3) is 6.43 Å². The summed E-state index contributed by atoms with van der Waals surface area (Å²) in [6.45, 7) is 3.14. The molecule has 2 fully saturated rings. The van der Waals surface area contributed by atoms with Crippen molar-refractivity contribution >= 4 is 0 Å². The Morgan fingerprint density at radius 3 is 2.60 bits per heavy atom. The number of hydrogen-bond acceptors (Lipinski definition) is 2. The van der Waals surface area contributed by atoms with E-state index in [1.54, 1.807) is 12.1 Å². The summed E-state index contributed by atoms with van der Waals surface area (Å²) in [5.74, 6) is 0. The molecular formula is C16H22F2N2. The molecule has 1 aromatic carbocycles. The Morgan fingerprint density at radius 2 is 1.95 bits per heavy atom. The van der Waals surface area contributed by atoms with Crippen molar-refractivity contribution in [1.29, 1.82) is 0 Å². The summed E-state index contributed by atoms with van der Waals surface area (Å²) in [4.78, 5) is 2.51. The second-order valence-corrected chi connectivity index (χ2v) is 5.93. The lowest BCUT2D eigenvalue weighted by Crippen LogP contribution is -2.43. The van der Waals surface area contributed by atoms with Crippen LogP contribution in [-0.4, -0.2) is 30.1 Å². The fourth-order valence-electron chi connectivity index (χ4n) is 3.55. The van der Waals surface area contributed by atoms with Gasteiger partial charge in [-0.05, 0) is 44.3 Å². The SMILES string of the molecule is FC(F)c1ccc(CN2CCCC2C2CCCN2)cc1. The molecule has 2 atom stereocenters. The van der Waals surface area contributed by atoms with E-state index >= 15 is 0 Å². The smallest absolute Gasteiger partial charge is 0.263 e. The van der Waals surface area contributed by atoms with Gasteiger partial charge < -0.3 is 5.32 Å². The molecule has 0 aliphatic carbocycles. The van der Waals surface area contributed by atoms with E-state index in [1.165, 1.54) is 25.7 Å². The van der Waals surface area contributed by atoms with Gasteiger partial charge in [-0.3, -0.25) is 4.90 Å². The van der Waals surface area contributed by atoms with Crippen molar-refractivity contribution in [3.05, 3.63) is 35.4 Å². The minimum absolute atomic E-state index is 0.115. The van der Waals surface area contributed by atoms with Crippen molar-refractivity contribution < 1.29 is 8.78 Å². The lowest BCUT2D eigenvalue weighted by molar-refractivity contribution is 0.151. The molecule has 110 valence electrons. The summed E-state index contributed by atoms with van der Waals surface area (Å²) >= 11 is 0. The number of nitrogens with zero attached hydrogens (tertiary/aromatic N) is 1. The summed E-state index contributed by atoms with van der Waals surface area (Å²) < 4.78 is 25.1. The second-order valence-electron chi connectivity index (χ2n) is 5.93. The molecule has 2 aliphatic heterocycles. The predicted octanol–water partition coefficient (Wildman–Crippen LogP) is 3.34. The Labute approximate surface area is 119 Å². The highest BCUT2D eigenvalue weighted by Gasteiger charge is 2.32. The standard InChI is InChI=1S/C16H22F2N2/c17-16(18)13-7-5-12(6-8-13)11-20-10-2-4-15(20)14-3-1-9-19-14/h5-8,14-16,19H,1-4,9-11H2. The fourth-order valence-corrected chi connectivity index (χ4v) is 3.55. The lowest BCUT2D eigenvalue weighted by atomic mass is 10.0. The number of halogens is 2. The number of nitrogens with one attached hydrogen (secondary N) is 1. The van der Waals surface area contributed by atoms with Crippen LogP contribution < -0.4 is 5.32 Å². The normalized spacial score (nSPS) is 27.6. The molecule has 0 radical (unpaired) electrons. The summed E-state index contributed by atoms with van der Waals surface area (Å²) in [6.07, 6.45) is 2.68. The van der Waals surface area contributed by atoms with Crippen LogP contribution in [0.3, 0.4) is 0 Å². The molecule has 2 heterocycles. The number of likely N-dealkylation sites (tertiary alicyclic amines) is 1. The molecule has 2 aliphatic rings. The van der Waals surface area contributed by atoms with Gasteiger partial charge in [-0.1, -0.05) is 24.3 Å². The quantitative estimate of drug-likeness (QED) is 0.910.